The molecule has 1 aliphatic carbocycles. The van der Waals surface area contributed by atoms with Crippen LogP contribution >= 0.6 is 0 Å². The Morgan fingerprint density at radius 2 is 2.00 bits per heavy atom. The number of ether oxygens (including phenoxy) is 2. The van der Waals surface area contributed by atoms with Crippen LogP contribution in [0.1, 0.15) is 30.9 Å². The molecule has 5 nitrogen and oxygen atoms in total. The maximum absolute atomic E-state index is 6.07. The van der Waals surface area contributed by atoms with Gasteiger partial charge in [0.2, 0.25) is 0 Å². The molecular weight excluding hydrogens is 266 g/mol. The van der Waals surface area contributed by atoms with Crippen molar-refractivity contribution in [3.8, 4) is 11.5 Å². The Hall–Kier alpha value is -1.91. The maximum Gasteiger partial charge on any atom is 0.191 e. The van der Waals surface area contributed by atoms with Crippen LogP contribution in [0.25, 0.3) is 0 Å². The summed E-state index contributed by atoms with van der Waals surface area (Å²) in [5.41, 5.74) is 7.28. The van der Waals surface area contributed by atoms with E-state index in [2.05, 4.69) is 22.0 Å². The minimum Gasteiger partial charge on any atom is -0.490 e. The Morgan fingerprint density at radius 1 is 1.19 bits per heavy atom. The lowest BCUT2D eigenvalue weighted by Crippen LogP contribution is -2.37. The van der Waals surface area contributed by atoms with E-state index in [-0.39, 0.29) is 6.04 Å². The summed E-state index contributed by atoms with van der Waals surface area (Å²) in [7, 11) is 0. The summed E-state index contributed by atoms with van der Waals surface area (Å²) < 4.78 is 11.5. The van der Waals surface area contributed by atoms with Crippen molar-refractivity contribution in [3.05, 3.63) is 23.8 Å². The number of aliphatic imine (C=N–C) groups is 1. The van der Waals surface area contributed by atoms with E-state index in [4.69, 9.17) is 15.2 Å². The van der Waals surface area contributed by atoms with Gasteiger partial charge in [-0.2, -0.15) is 0 Å². The largest absolute Gasteiger partial charge is 0.490 e. The third-order valence-electron chi connectivity index (χ3n) is 4.40. The molecule has 0 bridgehead atoms. The summed E-state index contributed by atoms with van der Waals surface area (Å²) in [5, 5.41) is 0. The van der Waals surface area contributed by atoms with E-state index in [1.54, 1.807) is 0 Å². The number of fused-ring (bicyclic) bond motifs is 1. The Bertz CT molecular complexity index is 569. The predicted molar refractivity (Wildman–Crippen MR) is 80.7 cm³/mol. The number of nitrogens with two attached hydrogens (primary N) is 1. The standard InChI is InChI=1S/C16H21N3O2/c17-16-18-9-13(19(16)10-11-2-3-11)12-4-5-14-15(8-12)21-7-1-6-20-14/h4-5,8,11,13H,1-3,6-7,9-10H2,(H2,17,18). The lowest BCUT2D eigenvalue weighted by molar-refractivity contribution is 0.296. The van der Waals surface area contributed by atoms with Crippen LogP contribution in [0.4, 0.5) is 0 Å². The Morgan fingerprint density at radius 3 is 2.81 bits per heavy atom. The molecule has 0 saturated heterocycles. The first-order valence-corrected chi connectivity index (χ1v) is 7.77. The van der Waals surface area contributed by atoms with Crippen molar-refractivity contribution in [2.45, 2.75) is 25.3 Å². The first-order chi connectivity index (χ1) is 10.3. The van der Waals surface area contributed by atoms with Crippen LogP contribution in [-0.4, -0.2) is 37.2 Å². The van der Waals surface area contributed by atoms with E-state index in [0.717, 1.165) is 43.5 Å². The molecule has 2 N–H and O–H groups in total. The summed E-state index contributed by atoms with van der Waals surface area (Å²) in [5.74, 6) is 3.16. The van der Waals surface area contributed by atoms with Crippen molar-refractivity contribution in [1.82, 2.24) is 4.90 Å². The van der Waals surface area contributed by atoms with Gasteiger partial charge in [-0.15, -0.1) is 0 Å². The molecule has 21 heavy (non-hydrogen) atoms. The van der Waals surface area contributed by atoms with E-state index in [0.29, 0.717) is 12.6 Å². The molecule has 0 radical (unpaired) electrons. The highest BCUT2D eigenvalue weighted by atomic mass is 16.5. The van der Waals surface area contributed by atoms with Gasteiger partial charge >= 0.3 is 0 Å². The van der Waals surface area contributed by atoms with Gasteiger partial charge in [-0.25, -0.2) is 0 Å². The third-order valence-corrected chi connectivity index (χ3v) is 4.40. The molecule has 3 aliphatic rings. The fraction of sp³-hybridized carbons (Fsp3) is 0.562. The van der Waals surface area contributed by atoms with Crippen LogP contribution in [0.2, 0.25) is 0 Å². The van der Waals surface area contributed by atoms with E-state index < -0.39 is 0 Å². The fourth-order valence-corrected chi connectivity index (χ4v) is 3.00. The van der Waals surface area contributed by atoms with Gasteiger partial charge in [-0.3, -0.25) is 4.99 Å². The van der Waals surface area contributed by atoms with Crippen molar-refractivity contribution in [2.24, 2.45) is 16.6 Å². The fourth-order valence-electron chi connectivity index (χ4n) is 3.00. The number of hydrogen-bond donors (Lipinski definition) is 1. The van der Waals surface area contributed by atoms with Crippen molar-refractivity contribution in [3.63, 3.8) is 0 Å². The van der Waals surface area contributed by atoms with Crippen LogP contribution in [0.3, 0.4) is 0 Å². The Labute approximate surface area is 124 Å². The SMILES string of the molecule is NC1=NCC(c2ccc3c(c2)OCCCO3)N1CC1CC1. The highest BCUT2D eigenvalue weighted by Crippen LogP contribution is 2.37. The van der Waals surface area contributed by atoms with Gasteiger partial charge in [0.05, 0.1) is 25.8 Å². The van der Waals surface area contributed by atoms with Crippen LogP contribution in [0, 0.1) is 5.92 Å². The molecule has 0 amide bonds. The van der Waals surface area contributed by atoms with Gasteiger partial charge in [-0.05, 0) is 36.5 Å². The first-order valence-electron chi connectivity index (χ1n) is 7.77. The van der Waals surface area contributed by atoms with E-state index in [1.165, 1.54) is 18.4 Å². The molecular formula is C16H21N3O2. The van der Waals surface area contributed by atoms with Gasteiger partial charge in [0, 0.05) is 13.0 Å². The van der Waals surface area contributed by atoms with Gasteiger partial charge < -0.3 is 20.1 Å². The van der Waals surface area contributed by atoms with Crippen LogP contribution < -0.4 is 15.2 Å². The third kappa shape index (κ3) is 2.52. The lowest BCUT2D eigenvalue weighted by atomic mass is 10.1. The van der Waals surface area contributed by atoms with Crippen molar-refractivity contribution in [2.75, 3.05) is 26.3 Å². The highest BCUT2D eigenvalue weighted by Gasteiger charge is 2.33. The lowest BCUT2D eigenvalue weighted by Gasteiger charge is -2.27. The van der Waals surface area contributed by atoms with E-state index in [9.17, 15) is 0 Å². The Balaban J connectivity index is 1.59. The summed E-state index contributed by atoms with van der Waals surface area (Å²) in [6, 6.07) is 6.47. The predicted octanol–water partition coefficient (Wildman–Crippen LogP) is 1.93. The number of benzene rings is 1. The molecule has 2 heterocycles. The molecule has 1 atom stereocenters. The average Bonchev–Trinajstić information content (AvgIpc) is 3.27. The van der Waals surface area contributed by atoms with E-state index >= 15 is 0 Å². The van der Waals surface area contributed by atoms with Crippen molar-refractivity contribution in [1.29, 1.82) is 0 Å². The summed E-state index contributed by atoms with van der Waals surface area (Å²) in [6.07, 6.45) is 3.56. The minimum atomic E-state index is 0.239. The molecule has 2 aliphatic heterocycles. The summed E-state index contributed by atoms with van der Waals surface area (Å²) in [4.78, 5) is 6.68. The summed E-state index contributed by atoms with van der Waals surface area (Å²) in [6.45, 7) is 3.19. The molecule has 1 unspecified atom stereocenters. The molecule has 1 aromatic carbocycles. The number of rotatable bonds is 3. The molecule has 112 valence electrons. The van der Waals surface area contributed by atoms with Crippen LogP contribution in [0.5, 0.6) is 11.5 Å². The van der Waals surface area contributed by atoms with Crippen LogP contribution in [-0.2, 0) is 0 Å². The number of nitrogens with zero attached hydrogens (tertiary/aromatic N) is 2. The summed E-state index contributed by atoms with van der Waals surface area (Å²) >= 11 is 0. The molecule has 1 saturated carbocycles. The molecule has 0 aromatic heterocycles. The number of hydrogen-bond acceptors (Lipinski definition) is 5. The topological polar surface area (TPSA) is 60.1 Å². The molecule has 1 fully saturated rings. The zero-order chi connectivity index (χ0) is 14.2. The molecule has 1 aromatic rings. The van der Waals surface area contributed by atoms with Crippen molar-refractivity contribution < 1.29 is 9.47 Å². The second kappa shape index (κ2) is 5.13. The normalized spacial score (nSPS) is 24.7. The quantitative estimate of drug-likeness (QED) is 0.923. The average molecular weight is 287 g/mol. The van der Waals surface area contributed by atoms with Gasteiger partial charge in [0.25, 0.3) is 0 Å². The highest BCUT2D eigenvalue weighted by molar-refractivity contribution is 5.80. The second-order valence-corrected chi connectivity index (χ2v) is 6.07. The monoisotopic (exact) mass is 287 g/mol. The molecule has 4 rings (SSSR count). The molecule has 0 spiro atoms. The minimum absolute atomic E-state index is 0.239. The van der Waals surface area contributed by atoms with Gasteiger partial charge in [0.1, 0.15) is 0 Å². The van der Waals surface area contributed by atoms with E-state index in [1.807, 2.05) is 6.07 Å². The zero-order valence-electron chi connectivity index (χ0n) is 12.1. The second-order valence-electron chi connectivity index (χ2n) is 6.07. The molecule has 5 heteroatoms. The smallest absolute Gasteiger partial charge is 0.191 e. The van der Waals surface area contributed by atoms with Crippen LogP contribution in [0.15, 0.2) is 23.2 Å². The number of guanidine groups is 1. The van der Waals surface area contributed by atoms with Gasteiger partial charge in [0.15, 0.2) is 17.5 Å². The zero-order valence-corrected chi connectivity index (χ0v) is 12.1. The Kier molecular flexibility index (Phi) is 3.13. The first kappa shape index (κ1) is 12.8. The maximum atomic E-state index is 6.07. The van der Waals surface area contributed by atoms with Gasteiger partial charge in [-0.1, -0.05) is 6.07 Å². The van der Waals surface area contributed by atoms with Crippen molar-refractivity contribution >= 4 is 5.96 Å².